The molecule has 0 radical (unpaired) electrons. The normalized spacial score (nSPS) is 17.4. The second-order valence-electron chi connectivity index (χ2n) is 8.19. The van der Waals surface area contributed by atoms with Gasteiger partial charge in [-0.2, -0.15) is 0 Å². The predicted octanol–water partition coefficient (Wildman–Crippen LogP) is 3.21. The number of hydrogen-bond acceptors (Lipinski definition) is 4. The summed E-state index contributed by atoms with van der Waals surface area (Å²) in [6, 6.07) is 24.5. The number of fused-ring (bicyclic) bond motifs is 3. The number of hydroxylamine groups is 1. The van der Waals surface area contributed by atoms with Crippen LogP contribution < -0.4 is 16.1 Å². The van der Waals surface area contributed by atoms with Crippen LogP contribution >= 0.6 is 0 Å². The first-order valence-electron chi connectivity index (χ1n) is 10.9. The van der Waals surface area contributed by atoms with Crippen molar-refractivity contribution in [3.63, 3.8) is 0 Å². The summed E-state index contributed by atoms with van der Waals surface area (Å²) in [6.45, 7) is 0.342. The fourth-order valence-corrected chi connectivity index (χ4v) is 4.46. The highest BCUT2D eigenvalue weighted by molar-refractivity contribution is 5.93. The lowest BCUT2D eigenvalue weighted by Crippen LogP contribution is -2.49. The molecule has 1 aromatic heterocycles. The molecule has 0 bridgehead atoms. The summed E-state index contributed by atoms with van der Waals surface area (Å²) in [7, 11) is 0. The van der Waals surface area contributed by atoms with E-state index in [1.807, 2.05) is 30.3 Å². The number of rotatable bonds is 5. The Morgan fingerprint density at radius 2 is 1.67 bits per heavy atom. The predicted molar refractivity (Wildman–Crippen MR) is 125 cm³/mol. The zero-order valence-electron chi connectivity index (χ0n) is 17.8. The lowest BCUT2D eigenvalue weighted by atomic mass is 9.90. The Kier molecular flexibility index (Phi) is 5.64. The average Bonchev–Trinajstić information content (AvgIpc) is 3.25. The molecule has 33 heavy (non-hydrogen) atoms. The molecule has 0 spiro atoms. The summed E-state index contributed by atoms with van der Waals surface area (Å²) in [5.41, 5.74) is 7.25. The number of para-hydroxylation sites is 1. The summed E-state index contributed by atoms with van der Waals surface area (Å²) < 4.78 is 0. The van der Waals surface area contributed by atoms with Crippen LogP contribution in [0.4, 0.5) is 0 Å². The first-order valence-corrected chi connectivity index (χ1v) is 10.9. The Labute approximate surface area is 190 Å². The SMILES string of the molecule is O=C(NO)c1ccc(CNC(=O)[C@H]2Cc3c([nH]c4ccccc34)[C@H](c3ccccc3)N2)cc1. The van der Waals surface area contributed by atoms with Gasteiger partial charge in [0.15, 0.2) is 0 Å². The van der Waals surface area contributed by atoms with Gasteiger partial charge < -0.3 is 10.3 Å². The number of aromatic nitrogens is 1. The summed E-state index contributed by atoms with van der Waals surface area (Å²) >= 11 is 0. The molecule has 1 aliphatic heterocycles. The zero-order chi connectivity index (χ0) is 22.8. The molecule has 2 heterocycles. The van der Waals surface area contributed by atoms with E-state index in [1.54, 1.807) is 29.7 Å². The van der Waals surface area contributed by atoms with Gasteiger partial charge in [-0.3, -0.25) is 20.1 Å². The van der Waals surface area contributed by atoms with Crippen molar-refractivity contribution in [3.8, 4) is 0 Å². The molecule has 0 unspecified atom stereocenters. The number of carbonyl (C=O) groups is 2. The fraction of sp³-hybridized carbons (Fsp3) is 0.154. The highest BCUT2D eigenvalue weighted by Crippen LogP contribution is 2.35. The van der Waals surface area contributed by atoms with Gasteiger partial charge in [0.2, 0.25) is 5.91 Å². The lowest BCUT2D eigenvalue weighted by molar-refractivity contribution is -0.123. The van der Waals surface area contributed by atoms with Crippen molar-refractivity contribution in [2.24, 2.45) is 0 Å². The molecule has 0 saturated carbocycles. The first kappa shape index (κ1) is 20.9. The van der Waals surface area contributed by atoms with Crippen LogP contribution in [0.3, 0.4) is 0 Å². The minimum atomic E-state index is -0.571. The number of hydrogen-bond donors (Lipinski definition) is 5. The van der Waals surface area contributed by atoms with E-state index in [0.717, 1.165) is 33.3 Å². The second kappa shape index (κ2) is 8.90. The lowest BCUT2D eigenvalue weighted by Gasteiger charge is -2.31. The van der Waals surface area contributed by atoms with E-state index in [2.05, 4.69) is 39.9 Å². The van der Waals surface area contributed by atoms with E-state index < -0.39 is 5.91 Å². The largest absolute Gasteiger partial charge is 0.357 e. The smallest absolute Gasteiger partial charge is 0.274 e. The fourth-order valence-electron chi connectivity index (χ4n) is 4.46. The van der Waals surface area contributed by atoms with E-state index in [-0.39, 0.29) is 18.0 Å². The molecule has 2 amide bonds. The number of benzene rings is 3. The third-order valence-electron chi connectivity index (χ3n) is 6.15. The van der Waals surface area contributed by atoms with Crippen molar-refractivity contribution in [2.75, 3.05) is 0 Å². The molecule has 0 saturated heterocycles. The molecule has 1 aliphatic rings. The molecule has 7 nitrogen and oxygen atoms in total. The summed E-state index contributed by atoms with van der Waals surface area (Å²) in [4.78, 5) is 28.2. The molecule has 3 aromatic carbocycles. The van der Waals surface area contributed by atoms with E-state index in [4.69, 9.17) is 5.21 Å². The van der Waals surface area contributed by atoms with Crippen LogP contribution in [-0.2, 0) is 17.8 Å². The maximum Gasteiger partial charge on any atom is 0.274 e. The van der Waals surface area contributed by atoms with Crippen LogP contribution in [-0.4, -0.2) is 28.0 Å². The molecule has 0 aliphatic carbocycles. The molecule has 7 heteroatoms. The molecule has 4 aromatic rings. The maximum absolute atomic E-state index is 13.2. The van der Waals surface area contributed by atoms with Crippen LogP contribution in [0.5, 0.6) is 0 Å². The summed E-state index contributed by atoms with van der Waals surface area (Å²) in [5.74, 6) is -0.650. The number of amides is 2. The summed E-state index contributed by atoms with van der Waals surface area (Å²) in [5, 5.41) is 16.4. The van der Waals surface area contributed by atoms with Crippen molar-refractivity contribution in [1.82, 2.24) is 21.1 Å². The molecule has 0 fully saturated rings. The summed E-state index contributed by atoms with van der Waals surface area (Å²) in [6.07, 6.45) is 0.587. The van der Waals surface area contributed by atoms with Crippen molar-refractivity contribution in [3.05, 3.63) is 107 Å². The van der Waals surface area contributed by atoms with Crippen LogP contribution in [0.25, 0.3) is 10.9 Å². The topological polar surface area (TPSA) is 106 Å². The van der Waals surface area contributed by atoms with E-state index in [9.17, 15) is 9.59 Å². The highest BCUT2D eigenvalue weighted by atomic mass is 16.5. The number of carbonyl (C=O) groups excluding carboxylic acids is 2. The second-order valence-corrected chi connectivity index (χ2v) is 8.19. The van der Waals surface area contributed by atoms with Gasteiger partial charge in [0.1, 0.15) is 0 Å². The van der Waals surface area contributed by atoms with Gasteiger partial charge in [-0.25, -0.2) is 5.48 Å². The van der Waals surface area contributed by atoms with Crippen molar-refractivity contribution >= 4 is 22.7 Å². The van der Waals surface area contributed by atoms with E-state index in [0.29, 0.717) is 18.5 Å². The zero-order valence-corrected chi connectivity index (χ0v) is 17.8. The van der Waals surface area contributed by atoms with Gasteiger partial charge in [-0.05, 0) is 41.3 Å². The standard InChI is InChI=1S/C26H24N4O3/c31-25(30-33)18-12-10-16(11-13-18)15-27-26(32)22-14-20-19-8-4-5-9-21(19)28-24(20)23(29-22)17-6-2-1-3-7-17/h1-13,22-23,28-29,33H,14-15H2,(H,27,32)(H,30,31)/t22-,23+/m1/s1. The number of nitrogens with one attached hydrogen (secondary N) is 4. The van der Waals surface area contributed by atoms with Gasteiger partial charge in [-0.15, -0.1) is 0 Å². The third kappa shape index (κ3) is 4.11. The quantitative estimate of drug-likeness (QED) is 0.243. The third-order valence-corrected chi connectivity index (χ3v) is 6.15. The van der Waals surface area contributed by atoms with Gasteiger partial charge >= 0.3 is 0 Å². The minimum absolute atomic E-state index is 0.0796. The van der Waals surface area contributed by atoms with Gasteiger partial charge in [0.25, 0.3) is 5.91 Å². The van der Waals surface area contributed by atoms with Crippen LogP contribution in [0.15, 0.2) is 78.9 Å². The molecule has 2 atom stereocenters. The number of aromatic amines is 1. The Bertz CT molecular complexity index is 1300. The highest BCUT2D eigenvalue weighted by Gasteiger charge is 2.33. The molecule has 5 N–H and O–H groups in total. The van der Waals surface area contributed by atoms with Crippen LogP contribution in [0, 0.1) is 0 Å². The van der Waals surface area contributed by atoms with Crippen LogP contribution in [0.2, 0.25) is 0 Å². The van der Waals surface area contributed by atoms with Crippen molar-refractivity contribution in [1.29, 1.82) is 0 Å². The van der Waals surface area contributed by atoms with Crippen molar-refractivity contribution in [2.45, 2.75) is 25.0 Å². The molecular weight excluding hydrogens is 416 g/mol. The van der Waals surface area contributed by atoms with Gasteiger partial charge in [0, 0.05) is 28.7 Å². The number of H-pyrrole nitrogens is 1. The molecular formula is C26H24N4O3. The molecule has 5 rings (SSSR count). The van der Waals surface area contributed by atoms with Gasteiger partial charge in [0.05, 0.1) is 12.1 Å². The van der Waals surface area contributed by atoms with E-state index >= 15 is 0 Å². The van der Waals surface area contributed by atoms with E-state index in [1.165, 1.54) is 0 Å². The molecule has 166 valence electrons. The average molecular weight is 441 g/mol. The van der Waals surface area contributed by atoms with Crippen LogP contribution in [0.1, 0.15) is 38.8 Å². The van der Waals surface area contributed by atoms with Crippen molar-refractivity contribution < 1.29 is 14.8 Å². The Morgan fingerprint density at radius 1 is 0.939 bits per heavy atom. The Morgan fingerprint density at radius 3 is 2.42 bits per heavy atom. The minimum Gasteiger partial charge on any atom is -0.357 e. The first-order chi connectivity index (χ1) is 16.1. The maximum atomic E-state index is 13.2. The Hall–Kier alpha value is -3.94. The monoisotopic (exact) mass is 440 g/mol. The van der Waals surface area contributed by atoms with Gasteiger partial charge in [-0.1, -0.05) is 60.7 Å². The Balaban J connectivity index is 1.37.